The third-order valence-electron chi connectivity index (χ3n) is 9.98. The number of aliphatic hydroxyl groups is 1. The number of piperazine rings is 1. The van der Waals surface area contributed by atoms with Crippen molar-refractivity contribution in [3.8, 4) is 28.4 Å². The van der Waals surface area contributed by atoms with Gasteiger partial charge in [0, 0.05) is 88.0 Å². The molecule has 0 spiro atoms. The van der Waals surface area contributed by atoms with Crippen LogP contribution in [-0.2, 0) is 11.2 Å². The molecule has 51 heavy (non-hydrogen) atoms. The lowest BCUT2D eigenvalue weighted by Crippen LogP contribution is -2.52. The number of methoxy groups -OCH3 is 1. The SMILES string of the molecule is CCC(=O)Nc1cc(Nc2nccc(-c3[nH]c(CCCO)nc3-c3ccc4ccoc4c3)n2)c(OC)cc1N1CCC(N2CCN(C)CC2)CC1. The standard InChI is InChI=1S/C38H47N9O4/c1-4-35(49)40-29-23-30(33(50-3)24-31(29)47-14-10-27(11-15-47)46-18-16-45(2)17-19-46)42-38-39-13-9-28(41-38)37-36(43-34(44-37)6-5-20-48)26-8-7-25-12-21-51-32(25)22-26/h7-9,12-13,21-24,27,48H,4-6,10-11,14-20H2,1-3H3,(H,40,49)(H,43,44)(H,39,41,42). The van der Waals surface area contributed by atoms with Gasteiger partial charge in [0.2, 0.25) is 11.9 Å². The lowest BCUT2D eigenvalue weighted by molar-refractivity contribution is -0.115. The quantitative estimate of drug-likeness (QED) is 0.131. The molecule has 1 amide bonds. The molecule has 0 radical (unpaired) electrons. The number of aliphatic hydroxyl groups excluding tert-OH is 1. The number of nitrogens with zero attached hydrogens (tertiary/aromatic N) is 6. The first-order valence-corrected chi connectivity index (χ1v) is 17.9. The Bertz CT molecular complexity index is 1960. The highest BCUT2D eigenvalue weighted by Crippen LogP contribution is 2.40. The van der Waals surface area contributed by atoms with E-state index in [1.54, 1.807) is 19.6 Å². The number of hydrogen-bond acceptors (Lipinski definition) is 11. The number of nitrogens with one attached hydrogen (secondary N) is 3. The van der Waals surface area contributed by atoms with Crippen molar-refractivity contribution < 1.29 is 19.1 Å². The van der Waals surface area contributed by atoms with Crippen molar-refractivity contribution in [2.24, 2.45) is 0 Å². The second-order valence-electron chi connectivity index (χ2n) is 13.3. The molecule has 2 aliphatic rings. The number of aromatic amines is 1. The van der Waals surface area contributed by atoms with Crippen LogP contribution in [0.1, 0.15) is 38.4 Å². The zero-order chi connectivity index (χ0) is 35.3. The van der Waals surface area contributed by atoms with Crippen LogP contribution in [0.5, 0.6) is 5.75 Å². The number of carbonyl (C=O) groups is 1. The van der Waals surface area contributed by atoms with Crippen LogP contribution >= 0.6 is 0 Å². The number of carbonyl (C=O) groups excluding carboxylic acids is 1. The molecular formula is C38H47N9O4. The fraction of sp³-hybridized carbons (Fsp3) is 0.421. The summed E-state index contributed by atoms with van der Waals surface area (Å²) in [5, 5.41) is 17.0. The number of H-pyrrole nitrogens is 1. The molecule has 7 rings (SSSR count). The number of piperidine rings is 1. The molecule has 13 nitrogen and oxygen atoms in total. The number of fused-ring (bicyclic) bond motifs is 1. The molecule has 2 fully saturated rings. The summed E-state index contributed by atoms with van der Waals surface area (Å²) in [5.74, 6) is 1.67. The van der Waals surface area contributed by atoms with Crippen molar-refractivity contribution >= 4 is 39.9 Å². The van der Waals surface area contributed by atoms with Gasteiger partial charge < -0.3 is 39.7 Å². The lowest BCUT2D eigenvalue weighted by atomic mass is 10.0. The second-order valence-corrected chi connectivity index (χ2v) is 13.3. The Labute approximate surface area is 298 Å². The van der Waals surface area contributed by atoms with Crippen molar-refractivity contribution in [3.63, 3.8) is 0 Å². The first-order chi connectivity index (χ1) is 24.9. The van der Waals surface area contributed by atoms with Crippen LogP contribution in [0.3, 0.4) is 0 Å². The van der Waals surface area contributed by atoms with Gasteiger partial charge in [0.15, 0.2) is 0 Å². The Balaban J connectivity index is 1.17. The zero-order valence-electron chi connectivity index (χ0n) is 29.6. The second kappa shape index (κ2) is 15.5. The highest BCUT2D eigenvalue weighted by molar-refractivity contribution is 5.96. The average Bonchev–Trinajstić information content (AvgIpc) is 3.82. The van der Waals surface area contributed by atoms with Gasteiger partial charge >= 0.3 is 0 Å². The number of amides is 1. The maximum atomic E-state index is 12.8. The highest BCUT2D eigenvalue weighted by Gasteiger charge is 2.28. The van der Waals surface area contributed by atoms with Crippen molar-refractivity contribution in [1.29, 1.82) is 0 Å². The Morgan fingerprint density at radius 2 is 1.86 bits per heavy atom. The predicted octanol–water partition coefficient (Wildman–Crippen LogP) is 5.52. The van der Waals surface area contributed by atoms with Gasteiger partial charge in [0.1, 0.15) is 17.2 Å². The van der Waals surface area contributed by atoms with Gasteiger partial charge in [0.05, 0.1) is 47.5 Å². The van der Waals surface area contributed by atoms with E-state index in [-0.39, 0.29) is 12.5 Å². The summed E-state index contributed by atoms with van der Waals surface area (Å²) in [7, 11) is 3.84. The largest absolute Gasteiger partial charge is 0.494 e. The van der Waals surface area contributed by atoms with Crippen LogP contribution in [0.25, 0.3) is 33.6 Å². The number of aromatic nitrogens is 4. The van der Waals surface area contributed by atoms with Crippen molar-refractivity contribution in [2.45, 2.75) is 45.1 Å². The van der Waals surface area contributed by atoms with Crippen molar-refractivity contribution in [3.05, 3.63) is 60.7 Å². The van der Waals surface area contributed by atoms with Crippen LogP contribution in [-0.4, -0.2) is 107 Å². The minimum Gasteiger partial charge on any atom is -0.494 e. The summed E-state index contributed by atoms with van der Waals surface area (Å²) >= 11 is 0. The average molecular weight is 694 g/mol. The van der Waals surface area contributed by atoms with E-state index in [2.05, 4.69) is 42.3 Å². The van der Waals surface area contributed by atoms with Gasteiger partial charge in [-0.3, -0.25) is 9.69 Å². The number of hydrogen-bond donors (Lipinski definition) is 4. The topological polar surface area (TPSA) is 148 Å². The first kappa shape index (κ1) is 34.5. The number of ether oxygens (including phenoxy) is 1. The number of likely N-dealkylation sites (N-methyl/N-ethyl adjacent to an activating group) is 1. The Hall–Kier alpha value is -4.98. The van der Waals surface area contributed by atoms with E-state index < -0.39 is 0 Å². The Kier molecular flexibility index (Phi) is 10.5. The monoisotopic (exact) mass is 693 g/mol. The molecule has 2 aromatic carbocycles. The first-order valence-electron chi connectivity index (χ1n) is 17.9. The number of rotatable bonds is 12. The maximum Gasteiger partial charge on any atom is 0.227 e. The maximum absolute atomic E-state index is 12.8. The van der Waals surface area contributed by atoms with Gasteiger partial charge in [-0.1, -0.05) is 19.1 Å². The minimum absolute atomic E-state index is 0.0607. The zero-order valence-corrected chi connectivity index (χ0v) is 29.6. The van der Waals surface area contributed by atoms with E-state index in [1.165, 1.54) is 0 Å². The van der Waals surface area contributed by atoms with Gasteiger partial charge in [-0.15, -0.1) is 0 Å². The van der Waals surface area contributed by atoms with Gasteiger partial charge in [0.25, 0.3) is 0 Å². The fourth-order valence-electron chi connectivity index (χ4n) is 7.06. The van der Waals surface area contributed by atoms with Gasteiger partial charge in [-0.2, -0.15) is 0 Å². The number of imidazole rings is 1. The fourth-order valence-corrected chi connectivity index (χ4v) is 7.06. The smallest absolute Gasteiger partial charge is 0.227 e. The number of anilines is 4. The van der Waals surface area contributed by atoms with Crippen LogP contribution in [0, 0.1) is 0 Å². The van der Waals surface area contributed by atoms with E-state index in [0.29, 0.717) is 48.4 Å². The molecule has 0 atom stereocenters. The number of benzene rings is 2. The van der Waals surface area contributed by atoms with E-state index in [0.717, 1.165) is 97.2 Å². The van der Waals surface area contributed by atoms with Crippen LogP contribution in [0.15, 0.2) is 59.3 Å². The van der Waals surface area contributed by atoms with E-state index in [9.17, 15) is 9.90 Å². The Morgan fingerprint density at radius 1 is 1.04 bits per heavy atom. The van der Waals surface area contributed by atoms with Crippen molar-refractivity contribution in [1.82, 2.24) is 29.7 Å². The molecule has 5 heterocycles. The summed E-state index contributed by atoms with van der Waals surface area (Å²) in [5.41, 5.74) is 6.05. The molecule has 0 aliphatic carbocycles. The summed E-state index contributed by atoms with van der Waals surface area (Å²) in [6.45, 7) is 8.17. The Morgan fingerprint density at radius 3 is 2.63 bits per heavy atom. The van der Waals surface area contributed by atoms with Gasteiger partial charge in [-0.25, -0.2) is 15.0 Å². The number of furan rings is 1. The summed E-state index contributed by atoms with van der Waals surface area (Å²) in [4.78, 5) is 37.9. The molecule has 0 bridgehead atoms. The molecule has 5 aromatic rings. The lowest BCUT2D eigenvalue weighted by Gasteiger charge is -2.43. The third kappa shape index (κ3) is 7.70. The van der Waals surface area contributed by atoms with Gasteiger partial charge in [-0.05, 0) is 50.6 Å². The normalized spacial score (nSPS) is 16.1. The molecule has 2 aliphatic heterocycles. The summed E-state index contributed by atoms with van der Waals surface area (Å²) in [6, 6.07) is 14.2. The molecule has 0 saturated carbocycles. The molecule has 4 N–H and O–H groups in total. The number of aryl methyl sites for hydroxylation is 1. The predicted molar refractivity (Wildman–Crippen MR) is 200 cm³/mol. The van der Waals surface area contributed by atoms with Crippen LogP contribution < -0.4 is 20.3 Å². The molecule has 0 unspecified atom stereocenters. The summed E-state index contributed by atoms with van der Waals surface area (Å²) < 4.78 is 11.6. The minimum atomic E-state index is -0.0607. The van der Waals surface area contributed by atoms with E-state index in [1.807, 2.05) is 49.4 Å². The van der Waals surface area contributed by atoms with Crippen LogP contribution in [0.2, 0.25) is 0 Å². The molecule has 2 saturated heterocycles. The van der Waals surface area contributed by atoms with E-state index in [4.69, 9.17) is 19.1 Å². The van der Waals surface area contributed by atoms with Crippen LogP contribution in [0.4, 0.5) is 23.0 Å². The molecule has 3 aromatic heterocycles. The third-order valence-corrected chi connectivity index (χ3v) is 9.98. The summed E-state index contributed by atoms with van der Waals surface area (Å²) in [6.07, 6.45) is 7.05. The molecule has 268 valence electrons. The highest BCUT2D eigenvalue weighted by atomic mass is 16.5. The molecule has 13 heteroatoms. The van der Waals surface area contributed by atoms with E-state index >= 15 is 0 Å². The molecular weight excluding hydrogens is 646 g/mol. The van der Waals surface area contributed by atoms with Crippen molar-refractivity contribution in [2.75, 3.05) is 75.6 Å².